The van der Waals surface area contributed by atoms with E-state index in [9.17, 15) is 4.79 Å². The van der Waals surface area contributed by atoms with Gasteiger partial charge in [0.2, 0.25) is 0 Å². The number of hydrogen-bond acceptors (Lipinski definition) is 4. The molecule has 0 spiro atoms. The number of nitrogens with zero attached hydrogens (tertiary/aromatic N) is 4. The number of rotatable bonds is 4. The van der Waals surface area contributed by atoms with E-state index in [0.29, 0.717) is 17.3 Å². The largest absolute Gasteiger partial charge is 0.334 e. The Labute approximate surface area is 208 Å². The van der Waals surface area contributed by atoms with Gasteiger partial charge in [-0.25, -0.2) is 9.97 Å². The molecule has 0 saturated carbocycles. The van der Waals surface area contributed by atoms with Crippen LogP contribution < -0.4 is 0 Å². The summed E-state index contributed by atoms with van der Waals surface area (Å²) in [5, 5.41) is 1.54. The summed E-state index contributed by atoms with van der Waals surface area (Å²) in [5.41, 5.74) is 4.41. The number of aryl methyl sites for hydroxylation is 2. The van der Waals surface area contributed by atoms with E-state index in [-0.39, 0.29) is 24.4 Å². The van der Waals surface area contributed by atoms with Crippen molar-refractivity contribution in [1.29, 1.82) is 0 Å². The number of likely N-dealkylation sites (tertiary alicyclic amines) is 1. The summed E-state index contributed by atoms with van der Waals surface area (Å²) >= 11 is 8.26. The minimum atomic E-state index is 0. The van der Waals surface area contributed by atoms with Gasteiger partial charge in [-0.1, -0.05) is 48.0 Å². The number of fused-ring (bicyclic) bond motifs is 1. The fourth-order valence-corrected chi connectivity index (χ4v) is 5.72. The van der Waals surface area contributed by atoms with Crippen LogP contribution in [0.4, 0.5) is 0 Å². The molecule has 5 nitrogen and oxygen atoms in total. The summed E-state index contributed by atoms with van der Waals surface area (Å²) in [6.07, 6.45) is 5.63. The third-order valence-electron chi connectivity index (χ3n) is 6.14. The first-order valence-corrected chi connectivity index (χ1v) is 12.2. The van der Waals surface area contributed by atoms with Crippen molar-refractivity contribution < 1.29 is 4.79 Å². The van der Waals surface area contributed by atoms with Gasteiger partial charge < -0.3 is 4.90 Å². The molecule has 1 unspecified atom stereocenters. The van der Waals surface area contributed by atoms with Gasteiger partial charge in [-0.3, -0.25) is 9.20 Å². The molecule has 33 heavy (non-hydrogen) atoms. The molecule has 1 aliphatic heterocycles. The summed E-state index contributed by atoms with van der Waals surface area (Å²) in [4.78, 5) is 26.1. The fraction of sp³-hybridized carbons (Fsp3) is 0.320. The molecule has 0 bridgehead atoms. The van der Waals surface area contributed by atoms with E-state index >= 15 is 0 Å². The van der Waals surface area contributed by atoms with Crippen LogP contribution in [0, 0.1) is 13.8 Å². The van der Waals surface area contributed by atoms with Gasteiger partial charge in [0.1, 0.15) is 16.5 Å². The van der Waals surface area contributed by atoms with E-state index in [4.69, 9.17) is 16.6 Å². The van der Waals surface area contributed by atoms with Crippen LogP contribution in [-0.2, 0) is 6.42 Å². The summed E-state index contributed by atoms with van der Waals surface area (Å²) < 4.78 is 1.93. The van der Waals surface area contributed by atoms with E-state index in [1.807, 2.05) is 71.8 Å². The Balaban J connectivity index is 0.00000259. The SMILES string of the molecule is Cc1nc(C(=O)N2CCCCC2Cc2nc3c(C)cccn3c2Cl)c(-c2ccccc2)s1.Cl. The number of pyridine rings is 1. The highest BCUT2D eigenvalue weighted by Gasteiger charge is 2.32. The molecule has 8 heteroatoms. The molecular weight excluding hydrogens is 475 g/mol. The molecule has 0 radical (unpaired) electrons. The first kappa shape index (κ1) is 23.7. The van der Waals surface area contributed by atoms with Crippen LogP contribution in [0.15, 0.2) is 48.7 Å². The molecule has 1 fully saturated rings. The Kier molecular flexibility index (Phi) is 7.07. The van der Waals surface area contributed by atoms with Gasteiger partial charge in [-0.05, 0) is 50.3 Å². The number of thiazole rings is 1. The van der Waals surface area contributed by atoms with Crippen molar-refractivity contribution in [2.24, 2.45) is 0 Å². The smallest absolute Gasteiger partial charge is 0.274 e. The van der Waals surface area contributed by atoms with Crippen molar-refractivity contribution in [2.45, 2.75) is 45.6 Å². The van der Waals surface area contributed by atoms with Gasteiger partial charge in [0.25, 0.3) is 5.91 Å². The highest BCUT2D eigenvalue weighted by atomic mass is 35.5. The van der Waals surface area contributed by atoms with Gasteiger partial charge in [-0.15, -0.1) is 23.7 Å². The number of hydrogen-bond donors (Lipinski definition) is 0. The zero-order valence-electron chi connectivity index (χ0n) is 18.6. The molecule has 4 aromatic rings. The molecule has 1 atom stereocenters. The van der Waals surface area contributed by atoms with Gasteiger partial charge >= 0.3 is 0 Å². The number of halogens is 2. The predicted octanol–water partition coefficient (Wildman–Crippen LogP) is 6.39. The van der Waals surface area contributed by atoms with E-state index in [1.165, 1.54) is 0 Å². The van der Waals surface area contributed by atoms with Crippen LogP contribution in [0.1, 0.15) is 46.0 Å². The van der Waals surface area contributed by atoms with E-state index in [0.717, 1.165) is 58.2 Å². The van der Waals surface area contributed by atoms with Crippen molar-refractivity contribution in [3.63, 3.8) is 0 Å². The molecule has 0 N–H and O–H groups in total. The first-order valence-electron chi connectivity index (χ1n) is 11.0. The lowest BCUT2D eigenvalue weighted by Gasteiger charge is -2.35. The van der Waals surface area contributed by atoms with Crippen LogP contribution in [0.3, 0.4) is 0 Å². The first-order chi connectivity index (χ1) is 15.5. The second-order valence-electron chi connectivity index (χ2n) is 8.36. The number of amides is 1. The lowest BCUT2D eigenvalue weighted by molar-refractivity contribution is 0.0608. The monoisotopic (exact) mass is 500 g/mol. The van der Waals surface area contributed by atoms with Gasteiger partial charge in [0.05, 0.1) is 15.6 Å². The second-order valence-corrected chi connectivity index (χ2v) is 9.92. The zero-order valence-corrected chi connectivity index (χ0v) is 21.0. The number of imidazole rings is 1. The van der Waals surface area contributed by atoms with Crippen LogP contribution in [0.25, 0.3) is 16.1 Å². The maximum absolute atomic E-state index is 13.7. The summed E-state index contributed by atoms with van der Waals surface area (Å²) in [7, 11) is 0. The quantitative estimate of drug-likeness (QED) is 0.326. The van der Waals surface area contributed by atoms with E-state index in [1.54, 1.807) is 11.3 Å². The van der Waals surface area contributed by atoms with Crippen LogP contribution in [-0.4, -0.2) is 37.8 Å². The third-order valence-corrected chi connectivity index (χ3v) is 7.56. The van der Waals surface area contributed by atoms with Crippen LogP contribution in [0.2, 0.25) is 5.15 Å². The molecule has 4 heterocycles. The standard InChI is InChI=1S/C25H25ClN4OS.ClH/c1-16-9-8-14-30-23(26)20(28-24(16)30)15-19-12-6-7-13-29(19)25(31)21-22(32-17(2)27-21)18-10-4-3-5-11-18;/h3-5,8-11,14,19H,6-7,12-13,15H2,1-2H3;1H. The van der Waals surface area contributed by atoms with Crippen molar-refractivity contribution in [3.05, 3.63) is 75.8 Å². The average Bonchev–Trinajstić information content (AvgIpc) is 3.36. The normalized spacial score (nSPS) is 16.1. The molecule has 172 valence electrons. The third kappa shape index (κ3) is 4.52. The van der Waals surface area contributed by atoms with Crippen LogP contribution in [0.5, 0.6) is 0 Å². The molecule has 0 aliphatic carbocycles. The number of benzene rings is 1. The van der Waals surface area contributed by atoms with Gasteiger partial charge in [-0.2, -0.15) is 0 Å². The van der Waals surface area contributed by atoms with Crippen molar-refractivity contribution in [1.82, 2.24) is 19.3 Å². The summed E-state index contributed by atoms with van der Waals surface area (Å²) in [6, 6.07) is 14.1. The molecule has 3 aromatic heterocycles. The fourth-order valence-electron chi connectivity index (χ4n) is 4.55. The Hall–Kier alpha value is -2.41. The maximum Gasteiger partial charge on any atom is 0.274 e. The second kappa shape index (κ2) is 9.84. The predicted molar refractivity (Wildman–Crippen MR) is 137 cm³/mol. The number of carbonyl (C=O) groups excluding carboxylic acids is 1. The van der Waals surface area contributed by atoms with E-state index in [2.05, 4.69) is 4.98 Å². The average molecular weight is 501 g/mol. The molecular formula is C25H26Cl2N4OS. The molecule has 1 aromatic carbocycles. The highest BCUT2D eigenvalue weighted by molar-refractivity contribution is 7.15. The lowest BCUT2D eigenvalue weighted by atomic mass is 9.97. The van der Waals surface area contributed by atoms with Gasteiger partial charge in [0, 0.05) is 25.2 Å². The number of carbonyl (C=O) groups is 1. The number of aromatic nitrogens is 3. The maximum atomic E-state index is 13.7. The molecule has 1 aliphatic rings. The van der Waals surface area contributed by atoms with Gasteiger partial charge in [0.15, 0.2) is 0 Å². The Morgan fingerprint density at radius 1 is 1.12 bits per heavy atom. The minimum Gasteiger partial charge on any atom is -0.334 e. The molecule has 5 rings (SSSR count). The van der Waals surface area contributed by atoms with Crippen LogP contribution >= 0.6 is 35.3 Å². The Bertz CT molecular complexity index is 1280. The Morgan fingerprint density at radius 2 is 1.91 bits per heavy atom. The zero-order chi connectivity index (χ0) is 22.2. The summed E-state index contributed by atoms with van der Waals surface area (Å²) in [5.74, 6) is 0.00831. The molecule has 1 saturated heterocycles. The molecule has 1 amide bonds. The number of piperidine rings is 1. The topological polar surface area (TPSA) is 50.5 Å². The van der Waals surface area contributed by atoms with Crippen molar-refractivity contribution in [3.8, 4) is 10.4 Å². The van der Waals surface area contributed by atoms with Crippen molar-refractivity contribution >= 4 is 46.9 Å². The minimum absolute atomic E-state index is 0. The van der Waals surface area contributed by atoms with E-state index < -0.39 is 0 Å². The lowest BCUT2D eigenvalue weighted by Crippen LogP contribution is -2.45. The highest BCUT2D eigenvalue weighted by Crippen LogP contribution is 2.33. The Morgan fingerprint density at radius 3 is 2.67 bits per heavy atom. The summed E-state index contributed by atoms with van der Waals surface area (Å²) in [6.45, 7) is 4.73. The van der Waals surface area contributed by atoms with Crippen molar-refractivity contribution in [2.75, 3.05) is 6.54 Å².